The van der Waals surface area contributed by atoms with E-state index in [0.29, 0.717) is 9.34 Å². The molecule has 122 valence electrons. The molecule has 0 fully saturated rings. The maximum atomic E-state index is 2.73. The maximum absolute atomic E-state index is 2.73. The van der Waals surface area contributed by atoms with E-state index in [-0.39, 0.29) is 14.6 Å². The topological polar surface area (TPSA) is 3.24 Å². The summed E-state index contributed by atoms with van der Waals surface area (Å²) in [6, 6.07) is 0. The van der Waals surface area contributed by atoms with Crippen LogP contribution in [0.3, 0.4) is 0 Å². The van der Waals surface area contributed by atoms with Crippen molar-refractivity contribution in [1.82, 2.24) is 4.90 Å². The molecule has 0 heterocycles. The van der Waals surface area contributed by atoms with Gasteiger partial charge < -0.3 is 0 Å². The van der Waals surface area contributed by atoms with Gasteiger partial charge in [-0.15, -0.1) is 0 Å². The average molecular weight is 507 g/mol. The van der Waals surface area contributed by atoms with Gasteiger partial charge >= 0.3 is 0 Å². The van der Waals surface area contributed by atoms with Crippen LogP contribution in [-0.4, -0.2) is 22.9 Å². The summed E-state index contributed by atoms with van der Waals surface area (Å²) in [5.74, 6) is 0.691. The summed E-state index contributed by atoms with van der Waals surface area (Å²) in [4.78, 5) is 2.73. The van der Waals surface area contributed by atoms with Crippen molar-refractivity contribution in [3.63, 3.8) is 0 Å². The second-order valence-electron chi connectivity index (χ2n) is 8.44. The fraction of sp³-hybridized carbons (Fsp3) is 1.00. The van der Waals surface area contributed by atoms with E-state index in [2.05, 4.69) is 119 Å². The minimum atomic E-state index is 0.149. The Morgan fingerprint density at radius 2 is 1.30 bits per heavy atom. The van der Waals surface area contributed by atoms with Crippen molar-refractivity contribution in [3.05, 3.63) is 0 Å². The first-order valence-corrected chi connectivity index (χ1v) is 9.89. The van der Waals surface area contributed by atoms with E-state index in [1.165, 1.54) is 12.8 Å². The Morgan fingerprint density at radius 1 is 0.900 bits per heavy atom. The normalized spacial score (nSPS) is 19.1. The highest BCUT2D eigenvalue weighted by Crippen LogP contribution is 2.44. The molecule has 0 spiro atoms. The molecule has 0 aliphatic carbocycles. The van der Waals surface area contributed by atoms with Crippen LogP contribution in [0.1, 0.15) is 82.1 Å². The smallest absolute Gasteiger partial charge is 0.0681 e. The molecule has 3 heteroatoms. The molecule has 0 aromatic carbocycles. The molecule has 0 rings (SSSR count). The first kappa shape index (κ1) is 21.4. The fourth-order valence-electron chi connectivity index (χ4n) is 3.55. The Hall–Kier alpha value is 1.42. The molecule has 2 unspecified atom stereocenters. The van der Waals surface area contributed by atoms with E-state index in [1.807, 2.05) is 0 Å². The molecule has 0 N–H and O–H groups in total. The third kappa shape index (κ3) is 5.90. The fourth-order valence-corrected chi connectivity index (χ4v) is 5.07. The number of nitrogens with zero attached hydrogens (tertiary/aromatic N) is 1. The highest BCUT2D eigenvalue weighted by Gasteiger charge is 2.46. The summed E-state index contributed by atoms with van der Waals surface area (Å²) in [5, 5.41) is 0. The molecule has 0 aromatic rings. The van der Waals surface area contributed by atoms with E-state index >= 15 is 0 Å². The average Bonchev–Trinajstić information content (AvgIpc) is 2.10. The molecular formula is C17H35I2N. The standard InChI is InChI=1S/C17H35I2N/c1-11-17(10,12-13(2)15(6,7)18)20(14(3,4)5)16(8,9)19/h13H,11-12H2,1-10H3. The van der Waals surface area contributed by atoms with Gasteiger partial charge in [-0.2, -0.15) is 0 Å². The van der Waals surface area contributed by atoms with Gasteiger partial charge in [0.25, 0.3) is 0 Å². The summed E-state index contributed by atoms with van der Waals surface area (Å²) >= 11 is 5.21. The molecule has 0 aliphatic rings. The first-order valence-electron chi connectivity index (χ1n) is 7.74. The SMILES string of the molecule is CCC(C)(CC(C)C(C)(C)I)N(C(C)(C)C)C(C)(C)I. The molecule has 0 bridgehead atoms. The van der Waals surface area contributed by atoms with Gasteiger partial charge in [-0.25, -0.2) is 0 Å². The van der Waals surface area contributed by atoms with Crippen molar-refractivity contribution in [1.29, 1.82) is 0 Å². The molecule has 0 amide bonds. The Bertz CT molecular complexity index is 292. The molecule has 0 saturated carbocycles. The van der Waals surface area contributed by atoms with Gasteiger partial charge in [-0.3, -0.25) is 4.90 Å². The van der Waals surface area contributed by atoms with Crippen LogP contribution < -0.4 is 0 Å². The van der Waals surface area contributed by atoms with Gasteiger partial charge in [0.15, 0.2) is 0 Å². The van der Waals surface area contributed by atoms with Crippen molar-refractivity contribution < 1.29 is 0 Å². The zero-order valence-corrected chi connectivity index (χ0v) is 19.5. The van der Waals surface area contributed by atoms with Gasteiger partial charge in [0.05, 0.1) is 3.55 Å². The minimum absolute atomic E-state index is 0.149. The van der Waals surface area contributed by atoms with Crippen molar-refractivity contribution in [2.75, 3.05) is 0 Å². The molecule has 0 aromatic heterocycles. The lowest BCUT2D eigenvalue weighted by molar-refractivity contribution is -0.0359. The summed E-state index contributed by atoms with van der Waals surface area (Å²) in [5.41, 5.74) is 0.398. The summed E-state index contributed by atoms with van der Waals surface area (Å²) < 4.78 is 0.489. The van der Waals surface area contributed by atoms with E-state index in [1.54, 1.807) is 0 Å². The van der Waals surface area contributed by atoms with E-state index in [4.69, 9.17) is 0 Å². The van der Waals surface area contributed by atoms with Gasteiger partial charge in [0.1, 0.15) is 0 Å². The Morgan fingerprint density at radius 3 is 1.50 bits per heavy atom. The molecule has 1 nitrogen and oxygen atoms in total. The summed E-state index contributed by atoms with van der Waals surface area (Å²) in [7, 11) is 0. The van der Waals surface area contributed by atoms with Crippen molar-refractivity contribution in [3.8, 4) is 0 Å². The molecule has 0 aliphatic heterocycles. The molecule has 0 saturated heterocycles. The monoisotopic (exact) mass is 507 g/mol. The van der Waals surface area contributed by atoms with Crippen LogP contribution in [0, 0.1) is 5.92 Å². The third-order valence-corrected chi connectivity index (χ3v) is 5.97. The van der Waals surface area contributed by atoms with Crippen LogP contribution in [0.2, 0.25) is 0 Å². The summed E-state index contributed by atoms with van der Waals surface area (Å²) in [6.45, 7) is 23.6. The van der Waals surface area contributed by atoms with Crippen LogP contribution in [0.4, 0.5) is 0 Å². The third-order valence-electron chi connectivity index (χ3n) is 4.42. The van der Waals surface area contributed by atoms with Crippen LogP contribution in [0.5, 0.6) is 0 Å². The second-order valence-corrected chi connectivity index (χ2v) is 13.9. The van der Waals surface area contributed by atoms with Gasteiger partial charge in [-0.05, 0) is 60.3 Å². The lowest BCUT2D eigenvalue weighted by Gasteiger charge is -2.56. The first-order chi connectivity index (χ1) is 8.55. The zero-order chi connectivity index (χ0) is 16.6. The van der Waals surface area contributed by atoms with Crippen LogP contribution in [0.15, 0.2) is 0 Å². The highest BCUT2D eigenvalue weighted by atomic mass is 127. The second kappa shape index (κ2) is 6.90. The van der Waals surface area contributed by atoms with Gasteiger partial charge in [0.2, 0.25) is 0 Å². The maximum Gasteiger partial charge on any atom is 0.0681 e. The van der Waals surface area contributed by atoms with Crippen molar-refractivity contribution >= 4 is 45.2 Å². The van der Waals surface area contributed by atoms with E-state index in [9.17, 15) is 0 Å². The number of hydrogen-bond acceptors (Lipinski definition) is 1. The Balaban J connectivity index is 5.57. The molecule has 20 heavy (non-hydrogen) atoms. The molecule has 0 radical (unpaired) electrons. The van der Waals surface area contributed by atoms with E-state index in [0.717, 1.165) is 0 Å². The van der Waals surface area contributed by atoms with Crippen LogP contribution >= 0.6 is 45.2 Å². The zero-order valence-electron chi connectivity index (χ0n) is 15.2. The Labute approximate surface area is 155 Å². The lowest BCUT2D eigenvalue weighted by atomic mass is 9.78. The number of alkyl halides is 2. The number of halogens is 2. The van der Waals surface area contributed by atoms with Gasteiger partial charge in [-0.1, -0.05) is 72.9 Å². The summed E-state index contributed by atoms with van der Waals surface area (Å²) in [6.07, 6.45) is 2.43. The number of hydrogen-bond donors (Lipinski definition) is 0. The highest BCUT2D eigenvalue weighted by molar-refractivity contribution is 14.1. The van der Waals surface area contributed by atoms with Crippen molar-refractivity contribution in [2.24, 2.45) is 5.92 Å². The molecule has 2 atom stereocenters. The quantitative estimate of drug-likeness (QED) is 0.221. The Kier molecular flexibility index (Phi) is 7.38. The van der Waals surface area contributed by atoms with E-state index < -0.39 is 0 Å². The lowest BCUT2D eigenvalue weighted by Crippen LogP contribution is -2.62. The van der Waals surface area contributed by atoms with Crippen LogP contribution in [-0.2, 0) is 0 Å². The van der Waals surface area contributed by atoms with Crippen molar-refractivity contribution in [2.45, 2.75) is 100 Å². The predicted molar refractivity (Wildman–Crippen MR) is 110 cm³/mol. The molecular weight excluding hydrogens is 472 g/mol. The van der Waals surface area contributed by atoms with Gasteiger partial charge in [0, 0.05) is 14.5 Å². The van der Waals surface area contributed by atoms with Crippen LogP contribution in [0.25, 0.3) is 0 Å². The number of rotatable bonds is 6. The predicted octanol–water partition coefficient (Wildman–Crippen LogP) is 6.67. The largest absolute Gasteiger partial charge is 0.279 e. The minimum Gasteiger partial charge on any atom is -0.279 e.